The van der Waals surface area contributed by atoms with Gasteiger partial charge in [0.25, 0.3) is 0 Å². The highest BCUT2D eigenvalue weighted by atomic mass is 35.5. The largest absolute Gasteiger partial charge is 0.351 e. The fraction of sp³-hybridized carbons (Fsp3) is 0.0588. The molecular formula is C17H13Cl2N3O2. The summed E-state index contributed by atoms with van der Waals surface area (Å²) >= 11 is 12.4. The van der Waals surface area contributed by atoms with Crippen molar-refractivity contribution < 1.29 is 9.59 Å². The Morgan fingerprint density at radius 1 is 1.12 bits per heavy atom. The summed E-state index contributed by atoms with van der Waals surface area (Å²) in [6.45, 7) is 1.50. The maximum atomic E-state index is 11.9. The van der Waals surface area contributed by atoms with Crippen LogP contribution in [0.4, 0.5) is 10.5 Å². The molecule has 0 radical (unpaired) electrons. The van der Waals surface area contributed by atoms with Crippen LogP contribution < -0.4 is 11.1 Å². The molecule has 7 heteroatoms. The summed E-state index contributed by atoms with van der Waals surface area (Å²) in [5.74, 6) is -0.0656. The van der Waals surface area contributed by atoms with E-state index in [0.29, 0.717) is 27.0 Å². The van der Waals surface area contributed by atoms with E-state index in [1.54, 1.807) is 36.5 Å². The van der Waals surface area contributed by atoms with Gasteiger partial charge in [-0.1, -0.05) is 23.2 Å². The van der Waals surface area contributed by atoms with E-state index in [0.717, 1.165) is 10.9 Å². The van der Waals surface area contributed by atoms with Gasteiger partial charge in [0, 0.05) is 27.9 Å². The van der Waals surface area contributed by atoms with Crippen LogP contribution in [0.2, 0.25) is 10.0 Å². The Morgan fingerprint density at radius 3 is 2.50 bits per heavy atom. The number of rotatable bonds is 3. The number of benzene rings is 2. The van der Waals surface area contributed by atoms with Gasteiger partial charge in [0.2, 0.25) is 0 Å². The van der Waals surface area contributed by atoms with Gasteiger partial charge in [-0.05, 0) is 43.3 Å². The van der Waals surface area contributed by atoms with E-state index in [1.807, 2.05) is 10.6 Å². The first-order chi connectivity index (χ1) is 11.4. The van der Waals surface area contributed by atoms with Crippen LogP contribution in [0.3, 0.4) is 0 Å². The summed E-state index contributed by atoms with van der Waals surface area (Å²) in [5.41, 5.74) is 7.63. The maximum Gasteiger partial charge on any atom is 0.316 e. The van der Waals surface area contributed by atoms with Gasteiger partial charge in [-0.15, -0.1) is 0 Å². The number of nitrogens with one attached hydrogen (secondary N) is 1. The molecule has 1 aromatic heterocycles. The van der Waals surface area contributed by atoms with E-state index in [2.05, 4.69) is 5.32 Å². The minimum atomic E-state index is -0.668. The van der Waals surface area contributed by atoms with Crippen molar-refractivity contribution in [2.75, 3.05) is 5.32 Å². The molecule has 5 nitrogen and oxygen atoms in total. The molecule has 0 aliphatic heterocycles. The van der Waals surface area contributed by atoms with Crippen LogP contribution in [-0.4, -0.2) is 16.4 Å². The lowest BCUT2D eigenvalue weighted by Crippen LogP contribution is -2.19. The Bertz CT molecular complexity index is 979. The number of aromatic nitrogens is 1. The Morgan fingerprint density at radius 2 is 1.88 bits per heavy atom. The summed E-state index contributed by atoms with van der Waals surface area (Å²) in [6.07, 6.45) is 1.73. The van der Waals surface area contributed by atoms with Crippen LogP contribution >= 0.6 is 23.2 Å². The van der Waals surface area contributed by atoms with Crippen LogP contribution in [0.5, 0.6) is 0 Å². The summed E-state index contributed by atoms with van der Waals surface area (Å²) in [5, 5.41) is 4.18. The van der Waals surface area contributed by atoms with Gasteiger partial charge < -0.3 is 15.6 Å². The maximum absolute atomic E-state index is 11.9. The van der Waals surface area contributed by atoms with E-state index >= 15 is 0 Å². The number of hydrogen-bond donors (Lipinski definition) is 2. The topological polar surface area (TPSA) is 77.1 Å². The molecule has 2 amide bonds. The minimum Gasteiger partial charge on any atom is -0.351 e. The van der Waals surface area contributed by atoms with E-state index in [9.17, 15) is 9.59 Å². The standard InChI is InChI=1S/C17H13Cl2N3O2/c1-9(23)13-8-22(15-4-2-10(18)6-12(13)15)16-5-3-11(7-14(16)19)21-17(20)24/h2-8H,1H3,(H3,20,21,24). The fourth-order valence-corrected chi connectivity index (χ4v) is 3.05. The third-order valence-electron chi connectivity index (χ3n) is 3.62. The molecule has 3 aromatic rings. The van der Waals surface area contributed by atoms with Crippen LogP contribution in [0, 0.1) is 0 Å². The fourth-order valence-electron chi connectivity index (χ4n) is 2.60. The monoisotopic (exact) mass is 361 g/mol. The van der Waals surface area contributed by atoms with Crippen LogP contribution in [-0.2, 0) is 0 Å². The molecule has 3 N–H and O–H groups in total. The van der Waals surface area contributed by atoms with E-state index in [4.69, 9.17) is 28.9 Å². The van der Waals surface area contributed by atoms with Gasteiger partial charge >= 0.3 is 6.03 Å². The Labute approximate surface area is 148 Å². The highest BCUT2D eigenvalue weighted by molar-refractivity contribution is 6.33. The number of ketones is 1. The van der Waals surface area contributed by atoms with Crippen molar-refractivity contribution in [2.24, 2.45) is 5.73 Å². The average molecular weight is 362 g/mol. The van der Waals surface area contributed by atoms with Crippen LogP contribution in [0.15, 0.2) is 42.6 Å². The van der Waals surface area contributed by atoms with Gasteiger partial charge in [0.05, 0.1) is 16.2 Å². The van der Waals surface area contributed by atoms with Gasteiger partial charge in [-0.3, -0.25) is 4.79 Å². The average Bonchev–Trinajstić information content (AvgIpc) is 2.85. The predicted molar refractivity (Wildman–Crippen MR) is 96.5 cm³/mol. The van der Waals surface area contributed by atoms with E-state index in [1.165, 1.54) is 6.92 Å². The lowest BCUT2D eigenvalue weighted by molar-refractivity contribution is 0.101. The summed E-state index contributed by atoms with van der Waals surface area (Å²) in [6, 6.07) is 9.68. The number of fused-ring (bicyclic) bond motifs is 1. The predicted octanol–water partition coefficient (Wildman–Crippen LogP) is 4.63. The molecule has 1 heterocycles. The number of halogens is 2. The molecule has 0 spiro atoms. The summed E-state index contributed by atoms with van der Waals surface area (Å²) < 4.78 is 1.82. The molecule has 0 aliphatic rings. The smallest absolute Gasteiger partial charge is 0.316 e. The second-order valence-corrected chi connectivity index (χ2v) is 6.13. The molecule has 24 heavy (non-hydrogen) atoms. The number of hydrogen-bond acceptors (Lipinski definition) is 2. The van der Waals surface area contributed by atoms with Gasteiger partial charge in [0.15, 0.2) is 5.78 Å². The Balaban J connectivity index is 2.19. The second-order valence-electron chi connectivity index (χ2n) is 5.29. The minimum absolute atomic E-state index is 0.0656. The van der Waals surface area contributed by atoms with Crippen molar-refractivity contribution in [3.05, 3.63) is 58.2 Å². The van der Waals surface area contributed by atoms with Crippen molar-refractivity contribution in [1.29, 1.82) is 0 Å². The molecular weight excluding hydrogens is 349 g/mol. The van der Waals surface area contributed by atoms with E-state index in [-0.39, 0.29) is 5.78 Å². The molecule has 0 atom stereocenters. The van der Waals surface area contributed by atoms with Crippen molar-refractivity contribution in [3.8, 4) is 5.69 Å². The SMILES string of the molecule is CC(=O)c1cn(-c2ccc(NC(N)=O)cc2Cl)c2ccc(Cl)cc12. The Kier molecular flexibility index (Phi) is 4.22. The third-order valence-corrected chi connectivity index (χ3v) is 4.16. The zero-order valence-electron chi connectivity index (χ0n) is 12.6. The lowest BCUT2D eigenvalue weighted by atomic mass is 10.1. The van der Waals surface area contributed by atoms with Crippen LogP contribution in [0.1, 0.15) is 17.3 Å². The van der Waals surface area contributed by atoms with Crippen molar-refractivity contribution in [3.63, 3.8) is 0 Å². The van der Waals surface area contributed by atoms with Crippen molar-refractivity contribution >= 4 is 51.6 Å². The van der Waals surface area contributed by atoms with Gasteiger partial charge in [-0.2, -0.15) is 0 Å². The first kappa shape index (κ1) is 16.4. The number of anilines is 1. The second kappa shape index (κ2) is 6.19. The molecule has 122 valence electrons. The molecule has 0 fully saturated rings. The van der Waals surface area contributed by atoms with Gasteiger partial charge in [0.1, 0.15) is 0 Å². The van der Waals surface area contributed by atoms with Crippen molar-refractivity contribution in [1.82, 2.24) is 4.57 Å². The number of Topliss-reactive ketones (excluding diaryl/α,β-unsaturated/α-hetero) is 1. The van der Waals surface area contributed by atoms with Crippen LogP contribution in [0.25, 0.3) is 16.6 Å². The molecule has 0 unspecified atom stereocenters. The zero-order valence-corrected chi connectivity index (χ0v) is 14.2. The first-order valence-corrected chi connectivity index (χ1v) is 7.80. The highest BCUT2D eigenvalue weighted by Gasteiger charge is 2.15. The summed E-state index contributed by atoms with van der Waals surface area (Å²) in [4.78, 5) is 22.9. The third kappa shape index (κ3) is 2.96. The number of urea groups is 1. The number of nitrogens with zero attached hydrogens (tertiary/aromatic N) is 1. The summed E-state index contributed by atoms with van der Waals surface area (Å²) in [7, 11) is 0. The molecule has 0 saturated carbocycles. The van der Waals surface area contributed by atoms with Gasteiger partial charge in [-0.25, -0.2) is 4.79 Å². The number of carbonyl (C=O) groups excluding carboxylic acids is 2. The molecule has 0 saturated heterocycles. The normalized spacial score (nSPS) is 10.8. The lowest BCUT2D eigenvalue weighted by Gasteiger charge is -2.10. The first-order valence-electron chi connectivity index (χ1n) is 7.05. The number of carbonyl (C=O) groups is 2. The van der Waals surface area contributed by atoms with E-state index < -0.39 is 6.03 Å². The molecule has 2 aromatic carbocycles. The number of amides is 2. The quantitative estimate of drug-likeness (QED) is 0.667. The van der Waals surface area contributed by atoms with Crippen molar-refractivity contribution in [2.45, 2.75) is 6.92 Å². The molecule has 0 bridgehead atoms. The Hall–Kier alpha value is -2.50. The zero-order chi connectivity index (χ0) is 17.4. The number of nitrogens with two attached hydrogens (primary N) is 1. The molecule has 0 aliphatic carbocycles. The highest BCUT2D eigenvalue weighted by Crippen LogP contribution is 2.32. The molecule has 3 rings (SSSR count). The number of primary amides is 1.